The van der Waals surface area contributed by atoms with Crippen LogP contribution in [0.2, 0.25) is 0 Å². The van der Waals surface area contributed by atoms with Gasteiger partial charge in [0.05, 0.1) is 12.5 Å². The predicted molar refractivity (Wildman–Crippen MR) is 73.4 cm³/mol. The first-order chi connectivity index (χ1) is 7.45. The van der Waals surface area contributed by atoms with Crippen molar-refractivity contribution in [3.8, 4) is 0 Å². The molecule has 0 saturated heterocycles. The molecule has 1 aromatic rings. The van der Waals surface area contributed by atoms with Gasteiger partial charge in [-0.05, 0) is 54.6 Å². The smallest absolute Gasteiger partial charge is 0.313 e. The van der Waals surface area contributed by atoms with E-state index in [9.17, 15) is 4.79 Å². The number of rotatable bonds is 4. The molecule has 0 unspecified atom stereocenters. The van der Waals surface area contributed by atoms with Gasteiger partial charge in [-0.2, -0.15) is 0 Å². The number of halogens is 1. The van der Waals surface area contributed by atoms with Gasteiger partial charge in [0.25, 0.3) is 0 Å². The van der Waals surface area contributed by atoms with E-state index in [1.165, 1.54) is 10.7 Å². The van der Waals surface area contributed by atoms with Crippen molar-refractivity contribution in [2.24, 2.45) is 5.41 Å². The van der Waals surface area contributed by atoms with Gasteiger partial charge in [0.1, 0.15) is 0 Å². The second-order valence-corrected chi connectivity index (χ2v) is 5.48. The Hall–Kier alpha value is -0.780. The van der Waals surface area contributed by atoms with Crippen molar-refractivity contribution in [3.63, 3.8) is 0 Å². The molecule has 0 fully saturated rings. The molecule has 0 saturated carbocycles. The molecule has 0 radical (unpaired) electrons. The van der Waals surface area contributed by atoms with Crippen LogP contribution in [0, 0.1) is 8.99 Å². The standard InChI is InChI=1S/C12H16INO2/c1-12(2,11(15)16-3)8-14-10-6-4-5-9(13)7-10/h4-7,14H,8H2,1-3H3. The van der Waals surface area contributed by atoms with Gasteiger partial charge in [-0.1, -0.05) is 6.07 Å². The molecule has 1 N–H and O–H groups in total. The van der Waals surface area contributed by atoms with Crippen LogP contribution in [0.25, 0.3) is 0 Å². The first kappa shape index (κ1) is 13.3. The molecule has 1 rings (SSSR count). The Bertz CT molecular complexity index is 377. The Kier molecular flexibility index (Phi) is 4.58. The quantitative estimate of drug-likeness (QED) is 0.680. The van der Waals surface area contributed by atoms with E-state index in [2.05, 4.69) is 27.9 Å². The molecule has 0 atom stereocenters. The van der Waals surface area contributed by atoms with Crippen LogP contribution < -0.4 is 5.32 Å². The topological polar surface area (TPSA) is 38.3 Å². The van der Waals surface area contributed by atoms with Gasteiger partial charge in [-0.15, -0.1) is 0 Å². The van der Waals surface area contributed by atoms with Crippen molar-refractivity contribution in [2.75, 3.05) is 19.0 Å². The number of carbonyl (C=O) groups excluding carboxylic acids is 1. The summed E-state index contributed by atoms with van der Waals surface area (Å²) in [6.45, 7) is 4.28. The molecular formula is C12H16INO2. The number of nitrogens with one attached hydrogen (secondary N) is 1. The number of anilines is 1. The van der Waals surface area contributed by atoms with Crippen molar-refractivity contribution < 1.29 is 9.53 Å². The number of benzene rings is 1. The molecular weight excluding hydrogens is 317 g/mol. The zero-order valence-electron chi connectivity index (χ0n) is 9.71. The summed E-state index contributed by atoms with van der Waals surface area (Å²) in [6, 6.07) is 8.02. The van der Waals surface area contributed by atoms with Crippen LogP contribution in [-0.4, -0.2) is 19.6 Å². The molecule has 16 heavy (non-hydrogen) atoms. The fourth-order valence-corrected chi connectivity index (χ4v) is 1.81. The Morgan fingerprint density at radius 1 is 1.50 bits per heavy atom. The van der Waals surface area contributed by atoms with Crippen molar-refractivity contribution >= 4 is 34.2 Å². The second-order valence-electron chi connectivity index (χ2n) is 4.24. The van der Waals surface area contributed by atoms with Crippen molar-refractivity contribution in [3.05, 3.63) is 27.8 Å². The number of esters is 1. The molecule has 0 bridgehead atoms. The highest BCUT2D eigenvalue weighted by Crippen LogP contribution is 2.19. The normalized spacial score (nSPS) is 11.0. The minimum absolute atomic E-state index is 0.203. The van der Waals surface area contributed by atoms with E-state index in [0.717, 1.165) is 5.69 Å². The van der Waals surface area contributed by atoms with Crippen LogP contribution in [0.5, 0.6) is 0 Å². The number of hydrogen-bond donors (Lipinski definition) is 1. The van der Waals surface area contributed by atoms with E-state index in [-0.39, 0.29) is 5.97 Å². The predicted octanol–water partition coefficient (Wildman–Crippen LogP) is 2.90. The van der Waals surface area contributed by atoms with Crippen LogP contribution in [-0.2, 0) is 9.53 Å². The molecule has 0 aromatic heterocycles. The van der Waals surface area contributed by atoms with Gasteiger partial charge in [0.2, 0.25) is 0 Å². The third-order valence-electron chi connectivity index (χ3n) is 2.30. The lowest BCUT2D eigenvalue weighted by Gasteiger charge is -2.22. The van der Waals surface area contributed by atoms with Crippen molar-refractivity contribution in [2.45, 2.75) is 13.8 Å². The average molecular weight is 333 g/mol. The molecule has 4 heteroatoms. The minimum Gasteiger partial charge on any atom is -0.469 e. The Labute approximate surface area is 110 Å². The SMILES string of the molecule is COC(=O)C(C)(C)CNc1cccc(I)c1. The van der Waals surface area contributed by atoms with Gasteiger partial charge in [0, 0.05) is 15.8 Å². The van der Waals surface area contributed by atoms with Gasteiger partial charge in [-0.3, -0.25) is 4.79 Å². The Morgan fingerprint density at radius 3 is 2.75 bits per heavy atom. The minimum atomic E-state index is -0.518. The molecule has 3 nitrogen and oxygen atoms in total. The van der Waals surface area contributed by atoms with Crippen molar-refractivity contribution in [1.29, 1.82) is 0 Å². The maximum Gasteiger partial charge on any atom is 0.313 e. The van der Waals surface area contributed by atoms with E-state index in [4.69, 9.17) is 4.74 Å². The van der Waals surface area contributed by atoms with Crippen LogP contribution in [0.4, 0.5) is 5.69 Å². The zero-order chi connectivity index (χ0) is 12.2. The molecule has 0 aliphatic rings. The lowest BCUT2D eigenvalue weighted by molar-refractivity contribution is -0.149. The fourth-order valence-electron chi connectivity index (χ4n) is 1.27. The lowest BCUT2D eigenvalue weighted by Crippen LogP contribution is -2.33. The number of methoxy groups -OCH3 is 1. The van der Waals surface area contributed by atoms with Gasteiger partial charge >= 0.3 is 5.97 Å². The molecule has 88 valence electrons. The summed E-state index contributed by atoms with van der Waals surface area (Å²) in [5, 5.41) is 3.24. The number of hydrogen-bond acceptors (Lipinski definition) is 3. The van der Waals surface area contributed by atoms with Gasteiger partial charge in [0.15, 0.2) is 0 Å². The first-order valence-corrected chi connectivity index (χ1v) is 6.11. The third kappa shape index (κ3) is 3.66. The highest BCUT2D eigenvalue weighted by atomic mass is 127. The highest BCUT2D eigenvalue weighted by Gasteiger charge is 2.28. The summed E-state index contributed by atoms with van der Waals surface area (Å²) in [5.74, 6) is -0.203. The molecule has 0 heterocycles. The molecule has 0 amide bonds. The largest absolute Gasteiger partial charge is 0.469 e. The summed E-state index contributed by atoms with van der Waals surface area (Å²) in [5.41, 5.74) is 0.500. The molecule has 1 aromatic carbocycles. The average Bonchev–Trinajstić information content (AvgIpc) is 2.25. The zero-order valence-corrected chi connectivity index (χ0v) is 11.9. The lowest BCUT2D eigenvalue weighted by atomic mass is 9.93. The number of ether oxygens (including phenoxy) is 1. The van der Waals surface area contributed by atoms with Crippen LogP contribution >= 0.6 is 22.6 Å². The van der Waals surface area contributed by atoms with Crippen molar-refractivity contribution in [1.82, 2.24) is 0 Å². The summed E-state index contributed by atoms with van der Waals surface area (Å²) >= 11 is 2.26. The fraction of sp³-hybridized carbons (Fsp3) is 0.417. The van der Waals surface area contributed by atoms with Crippen LogP contribution in [0.1, 0.15) is 13.8 Å². The Morgan fingerprint density at radius 2 is 2.19 bits per heavy atom. The van der Waals surface area contributed by atoms with Gasteiger partial charge in [-0.25, -0.2) is 0 Å². The first-order valence-electron chi connectivity index (χ1n) is 5.03. The highest BCUT2D eigenvalue weighted by molar-refractivity contribution is 14.1. The van der Waals surface area contributed by atoms with E-state index in [1.54, 1.807) is 0 Å². The van der Waals surface area contributed by atoms with Crippen LogP contribution in [0.15, 0.2) is 24.3 Å². The van der Waals surface area contributed by atoms with E-state index < -0.39 is 5.41 Å². The second kappa shape index (κ2) is 5.52. The molecule has 0 aliphatic carbocycles. The Balaban J connectivity index is 2.61. The summed E-state index contributed by atoms with van der Waals surface area (Å²) < 4.78 is 5.91. The monoisotopic (exact) mass is 333 g/mol. The summed E-state index contributed by atoms with van der Waals surface area (Å²) in [4.78, 5) is 11.5. The maximum atomic E-state index is 11.5. The molecule has 0 aliphatic heterocycles. The van der Waals surface area contributed by atoms with Crippen LogP contribution in [0.3, 0.4) is 0 Å². The van der Waals surface area contributed by atoms with E-state index in [0.29, 0.717) is 6.54 Å². The third-order valence-corrected chi connectivity index (χ3v) is 2.97. The molecule has 0 spiro atoms. The van der Waals surface area contributed by atoms with Gasteiger partial charge < -0.3 is 10.1 Å². The van der Waals surface area contributed by atoms with E-state index in [1.807, 2.05) is 38.1 Å². The van der Waals surface area contributed by atoms with E-state index >= 15 is 0 Å². The maximum absolute atomic E-state index is 11.5. The number of carbonyl (C=O) groups is 1. The summed E-state index contributed by atoms with van der Waals surface area (Å²) in [7, 11) is 1.41. The summed E-state index contributed by atoms with van der Waals surface area (Å²) in [6.07, 6.45) is 0.